The van der Waals surface area contributed by atoms with E-state index in [0.29, 0.717) is 5.92 Å². The summed E-state index contributed by atoms with van der Waals surface area (Å²) in [4.78, 5) is 13.5. The van der Waals surface area contributed by atoms with E-state index in [1.54, 1.807) is 0 Å². The molecule has 0 saturated heterocycles. The van der Waals surface area contributed by atoms with Crippen LogP contribution in [0.15, 0.2) is 0 Å². The van der Waals surface area contributed by atoms with Crippen LogP contribution in [0.5, 0.6) is 0 Å². The molecular weight excluding hydrogens is 202 g/mol. The molecule has 16 heavy (non-hydrogen) atoms. The van der Waals surface area contributed by atoms with Crippen molar-refractivity contribution in [1.29, 1.82) is 0 Å². The van der Waals surface area contributed by atoms with Crippen molar-refractivity contribution in [2.24, 2.45) is 11.3 Å². The third-order valence-corrected chi connectivity index (χ3v) is 3.94. The van der Waals surface area contributed by atoms with Crippen molar-refractivity contribution in [2.45, 2.75) is 52.0 Å². The fourth-order valence-corrected chi connectivity index (χ4v) is 3.23. The molecule has 1 N–H and O–H groups in total. The van der Waals surface area contributed by atoms with Crippen LogP contribution < -0.4 is 0 Å². The summed E-state index contributed by atoms with van der Waals surface area (Å²) in [5.74, 6) is -0.147. The molecular formula is C13H25NO2. The molecule has 3 heteroatoms. The Morgan fingerprint density at radius 1 is 1.25 bits per heavy atom. The van der Waals surface area contributed by atoms with Crippen molar-refractivity contribution >= 4 is 5.97 Å². The molecule has 1 aliphatic rings. The molecule has 1 rings (SSSR count). The van der Waals surface area contributed by atoms with Crippen LogP contribution in [0.4, 0.5) is 0 Å². The number of aliphatic carboxylic acids is 1. The van der Waals surface area contributed by atoms with E-state index in [4.69, 9.17) is 0 Å². The summed E-state index contributed by atoms with van der Waals surface area (Å²) in [6.45, 7) is 3.71. The summed E-state index contributed by atoms with van der Waals surface area (Å²) in [6, 6.07) is 0.144. The first-order chi connectivity index (χ1) is 7.37. The van der Waals surface area contributed by atoms with Crippen molar-refractivity contribution in [3.05, 3.63) is 0 Å². The lowest BCUT2D eigenvalue weighted by Gasteiger charge is -2.42. The Balaban J connectivity index is 2.85. The minimum absolute atomic E-state index is 0.144. The second-order valence-electron chi connectivity index (χ2n) is 5.83. The average molecular weight is 227 g/mol. The molecule has 0 aliphatic heterocycles. The Hall–Kier alpha value is -0.570. The van der Waals surface area contributed by atoms with Gasteiger partial charge in [-0.1, -0.05) is 19.3 Å². The van der Waals surface area contributed by atoms with Gasteiger partial charge in [-0.2, -0.15) is 0 Å². The highest BCUT2D eigenvalue weighted by molar-refractivity contribution is 5.74. The van der Waals surface area contributed by atoms with E-state index in [0.717, 1.165) is 0 Å². The maximum atomic E-state index is 11.4. The number of carbonyl (C=O) groups is 1. The Bertz CT molecular complexity index is 242. The number of carboxylic acid groups (broad SMARTS) is 1. The molecule has 3 nitrogen and oxygen atoms in total. The van der Waals surface area contributed by atoms with E-state index < -0.39 is 11.4 Å². The van der Waals surface area contributed by atoms with Gasteiger partial charge in [-0.15, -0.1) is 0 Å². The molecule has 0 aromatic carbocycles. The van der Waals surface area contributed by atoms with Gasteiger partial charge in [0.05, 0.1) is 5.41 Å². The molecule has 1 unspecified atom stereocenters. The molecule has 1 saturated carbocycles. The second kappa shape index (κ2) is 5.17. The van der Waals surface area contributed by atoms with Gasteiger partial charge in [-0.25, -0.2) is 0 Å². The van der Waals surface area contributed by atoms with Crippen molar-refractivity contribution in [2.75, 3.05) is 14.1 Å². The van der Waals surface area contributed by atoms with E-state index in [9.17, 15) is 9.90 Å². The molecule has 1 fully saturated rings. The first-order valence-corrected chi connectivity index (χ1v) is 6.27. The standard InChI is InChI=1S/C13H25NO2/c1-13(2,12(15)16)11(14(3)4)10-8-6-5-7-9-10/h10-11H,5-9H2,1-4H3,(H,15,16). The highest BCUT2D eigenvalue weighted by Gasteiger charge is 2.42. The lowest BCUT2D eigenvalue weighted by atomic mass is 9.71. The maximum Gasteiger partial charge on any atom is 0.310 e. The van der Waals surface area contributed by atoms with Crippen LogP contribution in [0.25, 0.3) is 0 Å². The summed E-state index contributed by atoms with van der Waals surface area (Å²) in [5.41, 5.74) is -0.661. The van der Waals surface area contributed by atoms with Crippen molar-refractivity contribution in [3.8, 4) is 0 Å². The monoisotopic (exact) mass is 227 g/mol. The van der Waals surface area contributed by atoms with Crippen LogP contribution >= 0.6 is 0 Å². The van der Waals surface area contributed by atoms with Crippen LogP contribution in [-0.2, 0) is 4.79 Å². The smallest absolute Gasteiger partial charge is 0.310 e. The quantitative estimate of drug-likeness (QED) is 0.802. The molecule has 94 valence electrons. The molecule has 1 atom stereocenters. The van der Waals surface area contributed by atoms with Gasteiger partial charge in [-0.05, 0) is 46.7 Å². The Labute approximate surface area is 98.8 Å². The van der Waals surface area contributed by atoms with Crippen molar-refractivity contribution in [1.82, 2.24) is 4.90 Å². The van der Waals surface area contributed by atoms with Gasteiger partial charge in [0.1, 0.15) is 0 Å². The zero-order valence-electron chi connectivity index (χ0n) is 11.0. The van der Waals surface area contributed by atoms with Crippen molar-refractivity contribution in [3.63, 3.8) is 0 Å². The van der Waals surface area contributed by atoms with E-state index >= 15 is 0 Å². The SMILES string of the molecule is CN(C)C(C1CCCCC1)C(C)(C)C(=O)O. The zero-order chi connectivity index (χ0) is 12.3. The van der Waals surface area contributed by atoms with Crippen LogP contribution in [0.1, 0.15) is 46.0 Å². The molecule has 0 bridgehead atoms. The Morgan fingerprint density at radius 3 is 2.12 bits per heavy atom. The fraction of sp³-hybridized carbons (Fsp3) is 0.923. The number of hydrogen-bond acceptors (Lipinski definition) is 2. The number of carboxylic acids is 1. The molecule has 0 heterocycles. The normalized spacial score (nSPS) is 21.1. The molecule has 0 radical (unpaired) electrons. The topological polar surface area (TPSA) is 40.5 Å². The van der Waals surface area contributed by atoms with E-state index in [1.165, 1.54) is 32.1 Å². The lowest BCUT2D eigenvalue weighted by molar-refractivity contribution is -0.152. The number of nitrogens with zero attached hydrogens (tertiary/aromatic N) is 1. The van der Waals surface area contributed by atoms with Crippen LogP contribution in [0.2, 0.25) is 0 Å². The van der Waals surface area contributed by atoms with Gasteiger partial charge in [0.15, 0.2) is 0 Å². The van der Waals surface area contributed by atoms with Gasteiger partial charge < -0.3 is 10.0 Å². The number of hydrogen-bond donors (Lipinski definition) is 1. The maximum absolute atomic E-state index is 11.4. The van der Waals surface area contributed by atoms with E-state index in [2.05, 4.69) is 4.90 Å². The highest BCUT2D eigenvalue weighted by Crippen LogP contribution is 2.37. The molecule has 0 aromatic rings. The summed E-state index contributed by atoms with van der Waals surface area (Å²) < 4.78 is 0. The van der Waals surface area contributed by atoms with Gasteiger partial charge in [0.2, 0.25) is 0 Å². The number of rotatable bonds is 4. The fourth-order valence-electron chi connectivity index (χ4n) is 3.23. The Kier molecular flexibility index (Phi) is 4.36. The third-order valence-electron chi connectivity index (χ3n) is 3.94. The van der Waals surface area contributed by atoms with Crippen LogP contribution in [-0.4, -0.2) is 36.1 Å². The summed E-state index contributed by atoms with van der Waals surface area (Å²) in [5, 5.41) is 9.36. The van der Waals surface area contributed by atoms with Gasteiger partial charge >= 0.3 is 5.97 Å². The first kappa shape index (κ1) is 13.5. The summed E-state index contributed by atoms with van der Waals surface area (Å²) in [6.07, 6.45) is 6.18. The summed E-state index contributed by atoms with van der Waals surface area (Å²) in [7, 11) is 4.01. The zero-order valence-corrected chi connectivity index (χ0v) is 11.0. The molecule has 0 amide bonds. The van der Waals surface area contributed by atoms with Crippen LogP contribution in [0, 0.1) is 11.3 Å². The first-order valence-electron chi connectivity index (χ1n) is 6.27. The van der Waals surface area contributed by atoms with Gasteiger partial charge in [-0.3, -0.25) is 4.79 Å². The average Bonchev–Trinajstić information content (AvgIpc) is 2.18. The summed E-state index contributed by atoms with van der Waals surface area (Å²) >= 11 is 0. The van der Waals surface area contributed by atoms with Gasteiger partial charge in [0, 0.05) is 6.04 Å². The van der Waals surface area contributed by atoms with Crippen molar-refractivity contribution < 1.29 is 9.90 Å². The minimum Gasteiger partial charge on any atom is -0.481 e. The van der Waals surface area contributed by atoms with Crippen LogP contribution in [0.3, 0.4) is 0 Å². The minimum atomic E-state index is -0.684. The highest BCUT2D eigenvalue weighted by atomic mass is 16.4. The molecule has 0 spiro atoms. The second-order valence-corrected chi connectivity index (χ2v) is 5.83. The molecule has 1 aliphatic carbocycles. The lowest BCUT2D eigenvalue weighted by Crippen LogP contribution is -2.50. The van der Waals surface area contributed by atoms with E-state index in [1.807, 2.05) is 27.9 Å². The largest absolute Gasteiger partial charge is 0.481 e. The van der Waals surface area contributed by atoms with E-state index in [-0.39, 0.29) is 6.04 Å². The molecule has 0 aromatic heterocycles. The van der Waals surface area contributed by atoms with Gasteiger partial charge in [0.25, 0.3) is 0 Å². The third kappa shape index (κ3) is 2.76. The predicted octanol–water partition coefficient (Wildman–Crippen LogP) is 2.61. The predicted molar refractivity (Wildman–Crippen MR) is 65.5 cm³/mol. The Morgan fingerprint density at radius 2 is 1.75 bits per heavy atom.